The van der Waals surface area contributed by atoms with Gasteiger partial charge in [0.05, 0.1) is 0 Å². The first-order valence-electron chi connectivity index (χ1n) is 3.14. The fourth-order valence-electron chi connectivity index (χ4n) is 1.16. The lowest BCUT2D eigenvalue weighted by atomic mass is 10.1. The van der Waals surface area contributed by atoms with E-state index in [-0.39, 0.29) is 0 Å². The van der Waals surface area contributed by atoms with E-state index >= 15 is 0 Å². The van der Waals surface area contributed by atoms with Crippen molar-refractivity contribution < 1.29 is 0 Å². The van der Waals surface area contributed by atoms with E-state index in [9.17, 15) is 0 Å². The second-order valence-corrected chi connectivity index (χ2v) is 2.55. The Balaban J connectivity index is 2.32. The molecule has 0 unspecified atom stereocenters. The highest BCUT2D eigenvalue weighted by Gasteiger charge is 2.14. The standard InChI is InChI=1S/C7H13N/c1-3-7-4-5-8(2)6-7/h3,7H,1,4-6H2,2H3/t7-/m1/s1. The molecule has 0 aliphatic carbocycles. The molecule has 0 aromatic carbocycles. The van der Waals surface area contributed by atoms with E-state index in [4.69, 9.17) is 0 Å². The molecule has 1 aliphatic rings. The molecule has 1 atom stereocenters. The Morgan fingerprint density at radius 1 is 1.75 bits per heavy atom. The summed E-state index contributed by atoms with van der Waals surface area (Å²) in [6, 6.07) is 0. The average Bonchev–Trinajstić information content (AvgIpc) is 2.14. The summed E-state index contributed by atoms with van der Waals surface area (Å²) in [5.74, 6) is 0.764. The molecule has 1 aliphatic heterocycles. The van der Waals surface area contributed by atoms with Gasteiger partial charge in [-0.05, 0) is 25.9 Å². The lowest BCUT2D eigenvalue weighted by Crippen LogP contribution is -2.12. The Morgan fingerprint density at radius 3 is 2.75 bits per heavy atom. The maximum atomic E-state index is 3.75. The topological polar surface area (TPSA) is 3.24 Å². The monoisotopic (exact) mass is 111 g/mol. The Hall–Kier alpha value is -0.300. The van der Waals surface area contributed by atoms with Crippen molar-refractivity contribution in [1.29, 1.82) is 0 Å². The predicted octanol–water partition coefficient (Wildman–Crippen LogP) is 1.12. The molecule has 1 heterocycles. The van der Waals surface area contributed by atoms with Crippen molar-refractivity contribution in [3.8, 4) is 0 Å². The van der Waals surface area contributed by atoms with Crippen LogP contribution in [-0.2, 0) is 0 Å². The zero-order valence-corrected chi connectivity index (χ0v) is 5.43. The summed E-state index contributed by atoms with van der Waals surface area (Å²) in [5.41, 5.74) is 0. The van der Waals surface area contributed by atoms with E-state index in [0.717, 1.165) is 5.92 Å². The molecule has 0 amide bonds. The summed E-state index contributed by atoms with van der Waals surface area (Å²) in [7, 11) is 2.16. The van der Waals surface area contributed by atoms with Crippen LogP contribution in [-0.4, -0.2) is 25.0 Å². The summed E-state index contributed by atoms with van der Waals surface area (Å²) in [6.07, 6.45) is 3.36. The normalized spacial score (nSPS) is 30.9. The van der Waals surface area contributed by atoms with Crippen molar-refractivity contribution in [2.75, 3.05) is 20.1 Å². The summed E-state index contributed by atoms with van der Waals surface area (Å²) in [6.45, 7) is 6.21. The van der Waals surface area contributed by atoms with Crippen LogP contribution in [0.5, 0.6) is 0 Å². The molecule has 1 heteroatoms. The number of likely N-dealkylation sites (tertiary alicyclic amines) is 1. The molecular weight excluding hydrogens is 98.1 g/mol. The van der Waals surface area contributed by atoms with Gasteiger partial charge in [-0.15, -0.1) is 6.58 Å². The second kappa shape index (κ2) is 2.31. The molecule has 0 N–H and O–H groups in total. The number of hydrogen-bond acceptors (Lipinski definition) is 1. The Labute approximate surface area is 51.0 Å². The van der Waals surface area contributed by atoms with E-state index in [2.05, 4.69) is 24.6 Å². The van der Waals surface area contributed by atoms with Crippen LogP contribution in [0.15, 0.2) is 12.7 Å². The third-order valence-corrected chi connectivity index (χ3v) is 1.76. The van der Waals surface area contributed by atoms with Crippen molar-refractivity contribution in [2.24, 2.45) is 5.92 Å². The zero-order valence-electron chi connectivity index (χ0n) is 5.43. The summed E-state index contributed by atoms with van der Waals surface area (Å²) in [4.78, 5) is 2.34. The second-order valence-electron chi connectivity index (χ2n) is 2.55. The lowest BCUT2D eigenvalue weighted by Gasteiger charge is -2.04. The molecule has 0 spiro atoms. The van der Waals surface area contributed by atoms with Gasteiger partial charge in [0.15, 0.2) is 0 Å². The van der Waals surface area contributed by atoms with Crippen molar-refractivity contribution >= 4 is 0 Å². The first-order valence-corrected chi connectivity index (χ1v) is 3.14. The minimum atomic E-state index is 0.764. The van der Waals surface area contributed by atoms with Crippen molar-refractivity contribution in [3.05, 3.63) is 12.7 Å². The van der Waals surface area contributed by atoms with Crippen molar-refractivity contribution in [2.45, 2.75) is 6.42 Å². The van der Waals surface area contributed by atoms with Gasteiger partial charge in [-0.3, -0.25) is 0 Å². The van der Waals surface area contributed by atoms with Crippen molar-refractivity contribution in [1.82, 2.24) is 4.90 Å². The van der Waals surface area contributed by atoms with Crippen molar-refractivity contribution in [3.63, 3.8) is 0 Å². The van der Waals surface area contributed by atoms with Gasteiger partial charge in [0.2, 0.25) is 0 Å². The molecule has 0 aromatic rings. The summed E-state index contributed by atoms with van der Waals surface area (Å²) < 4.78 is 0. The maximum Gasteiger partial charge on any atom is 0.00417 e. The lowest BCUT2D eigenvalue weighted by molar-refractivity contribution is 0.408. The zero-order chi connectivity index (χ0) is 5.98. The minimum absolute atomic E-state index is 0.764. The van der Waals surface area contributed by atoms with E-state index in [1.165, 1.54) is 19.5 Å². The van der Waals surface area contributed by atoms with Crippen LogP contribution < -0.4 is 0 Å². The van der Waals surface area contributed by atoms with Gasteiger partial charge in [0.25, 0.3) is 0 Å². The van der Waals surface area contributed by atoms with Crippen LogP contribution >= 0.6 is 0 Å². The van der Waals surface area contributed by atoms with Crippen LogP contribution in [0.25, 0.3) is 0 Å². The highest BCUT2D eigenvalue weighted by molar-refractivity contribution is 4.85. The maximum absolute atomic E-state index is 3.75. The molecule has 8 heavy (non-hydrogen) atoms. The van der Waals surface area contributed by atoms with E-state index in [0.29, 0.717) is 0 Å². The predicted molar refractivity (Wildman–Crippen MR) is 35.8 cm³/mol. The third kappa shape index (κ3) is 1.10. The first kappa shape index (κ1) is 5.83. The average molecular weight is 111 g/mol. The molecule has 1 nitrogen and oxygen atoms in total. The molecule has 46 valence electrons. The van der Waals surface area contributed by atoms with Crippen LogP contribution in [0.2, 0.25) is 0 Å². The van der Waals surface area contributed by atoms with Gasteiger partial charge >= 0.3 is 0 Å². The molecular formula is C7H13N. The highest BCUT2D eigenvalue weighted by Crippen LogP contribution is 2.13. The molecule has 0 saturated carbocycles. The minimum Gasteiger partial charge on any atom is -0.306 e. The quantitative estimate of drug-likeness (QED) is 0.458. The Kier molecular flexibility index (Phi) is 1.69. The Bertz CT molecular complexity index is 88.4. The first-order chi connectivity index (χ1) is 3.83. The fourth-order valence-corrected chi connectivity index (χ4v) is 1.16. The smallest absolute Gasteiger partial charge is 0.00417 e. The number of rotatable bonds is 1. The molecule has 0 bridgehead atoms. The number of nitrogens with zero attached hydrogens (tertiary/aromatic N) is 1. The largest absolute Gasteiger partial charge is 0.306 e. The van der Waals surface area contributed by atoms with Gasteiger partial charge in [-0.1, -0.05) is 6.08 Å². The molecule has 1 fully saturated rings. The molecule has 0 aromatic heterocycles. The van der Waals surface area contributed by atoms with Gasteiger partial charge in [0.1, 0.15) is 0 Å². The summed E-state index contributed by atoms with van der Waals surface area (Å²) in [5, 5.41) is 0. The SMILES string of the molecule is C=C[C@@H]1CCN(C)C1. The van der Waals surface area contributed by atoms with Crippen LogP contribution in [0.3, 0.4) is 0 Å². The van der Waals surface area contributed by atoms with E-state index < -0.39 is 0 Å². The molecule has 1 rings (SSSR count). The fraction of sp³-hybridized carbons (Fsp3) is 0.714. The highest BCUT2D eigenvalue weighted by atomic mass is 15.1. The van der Waals surface area contributed by atoms with Gasteiger partial charge in [-0.2, -0.15) is 0 Å². The van der Waals surface area contributed by atoms with Crippen LogP contribution in [0.1, 0.15) is 6.42 Å². The third-order valence-electron chi connectivity index (χ3n) is 1.76. The van der Waals surface area contributed by atoms with E-state index in [1.807, 2.05) is 0 Å². The van der Waals surface area contributed by atoms with Crippen LogP contribution in [0.4, 0.5) is 0 Å². The van der Waals surface area contributed by atoms with Gasteiger partial charge in [-0.25, -0.2) is 0 Å². The number of hydrogen-bond donors (Lipinski definition) is 0. The Morgan fingerprint density at radius 2 is 2.50 bits per heavy atom. The van der Waals surface area contributed by atoms with Crippen LogP contribution in [0, 0.1) is 5.92 Å². The summed E-state index contributed by atoms with van der Waals surface area (Å²) >= 11 is 0. The van der Waals surface area contributed by atoms with Gasteiger partial charge < -0.3 is 4.90 Å². The molecule has 0 radical (unpaired) electrons. The molecule has 1 saturated heterocycles. The van der Waals surface area contributed by atoms with E-state index in [1.54, 1.807) is 0 Å². The van der Waals surface area contributed by atoms with Gasteiger partial charge in [0, 0.05) is 6.54 Å².